The van der Waals surface area contributed by atoms with Crippen molar-refractivity contribution in [2.75, 3.05) is 24.7 Å². The highest BCUT2D eigenvalue weighted by molar-refractivity contribution is 5.96. The highest BCUT2D eigenvalue weighted by Gasteiger charge is 2.11. The molecule has 0 spiro atoms. The number of nitrogens with zero attached hydrogens (tertiary/aromatic N) is 2. The van der Waals surface area contributed by atoms with Crippen LogP contribution < -0.4 is 16.2 Å². The molecule has 33 heavy (non-hydrogen) atoms. The molecule has 7 heteroatoms. The van der Waals surface area contributed by atoms with E-state index in [4.69, 9.17) is 20.9 Å². The van der Waals surface area contributed by atoms with E-state index in [1.165, 1.54) is 24.5 Å². The predicted molar refractivity (Wildman–Crippen MR) is 131 cm³/mol. The molecule has 0 saturated heterocycles. The lowest BCUT2D eigenvalue weighted by molar-refractivity contribution is 0.0487. The summed E-state index contributed by atoms with van der Waals surface area (Å²) in [7, 11) is 0. The van der Waals surface area contributed by atoms with E-state index in [9.17, 15) is 4.79 Å². The van der Waals surface area contributed by atoms with Crippen LogP contribution in [-0.4, -0.2) is 19.2 Å². The summed E-state index contributed by atoms with van der Waals surface area (Å²) >= 11 is 0. The van der Waals surface area contributed by atoms with Gasteiger partial charge in [-0.3, -0.25) is 0 Å². The first-order valence-corrected chi connectivity index (χ1v) is 11.1. The number of unbranched alkanes of at least 4 members (excludes halogenated alkanes) is 1. The molecule has 0 unspecified atom stereocenters. The fourth-order valence-electron chi connectivity index (χ4n) is 3.08. The van der Waals surface area contributed by atoms with E-state index < -0.39 is 5.97 Å². The summed E-state index contributed by atoms with van der Waals surface area (Å²) in [6, 6.07) is 20.3. The number of nitrogens with two attached hydrogens (primary N) is 2. The summed E-state index contributed by atoms with van der Waals surface area (Å²) in [5.41, 5.74) is 15.4. The van der Waals surface area contributed by atoms with Gasteiger partial charge in [0.1, 0.15) is 5.75 Å². The van der Waals surface area contributed by atoms with Gasteiger partial charge in [0.25, 0.3) is 0 Å². The van der Waals surface area contributed by atoms with E-state index in [-0.39, 0.29) is 12.2 Å². The van der Waals surface area contributed by atoms with Crippen molar-refractivity contribution in [3.05, 3.63) is 77.9 Å². The minimum absolute atomic E-state index is 0.219. The van der Waals surface area contributed by atoms with Gasteiger partial charge in [-0.1, -0.05) is 25.5 Å². The lowest BCUT2D eigenvalue weighted by Crippen LogP contribution is -2.11. The second kappa shape index (κ2) is 12.2. The van der Waals surface area contributed by atoms with Gasteiger partial charge in [-0.2, -0.15) is 10.2 Å². The first-order valence-electron chi connectivity index (χ1n) is 11.1. The molecule has 0 saturated carbocycles. The van der Waals surface area contributed by atoms with Crippen molar-refractivity contribution in [3.63, 3.8) is 0 Å². The average Bonchev–Trinajstić information content (AvgIpc) is 2.84. The summed E-state index contributed by atoms with van der Waals surface area (Å²) in [6.07, 6.45) is 4.02. The van der Waals surface area contributed by atoms with E-state index >= 15 is 0 Å². The van der Waals surface area contributed by atoms with Crippen LogP contribution in [0.1, 0.15) is 42.1 Å². The Morgan fingerprint density at radius 3 is 2.18 bits per heavy atom. The normalized spacial score (nSPS) is 10.9. The van der Waals surface area contributed by atoms with Crippen molar-refractivity contribution >= 4 is 28.7 Å². The second-order valence-electron chi connectivity index (χ2n) is 7.65. The molecule has 172 valence electrons. The van der Waals surface area contributed by atoms with Crippen LogP contribution in [0.3, 0.4) is 0 Å². The van der Waals surface area contributed by atoms with E-state index in [0.29, 0.717) is 30.2 Å². The molecule has 0 fully saturated rings. The van der Waals surface area contributed by atoms with Gasteiger partial charge in [0.15, 0.2) is 0 Å². The van der Waals surface area contributed by atoms with Gasteiger partial charge in [-0.05, 0) is 73.0 Å². The van der Waals surface area contributed by atoms with Crippen LogP contribution in [0.25, 0.3) is 0 Å². The lowest BCUT2D eigenvalue weighted by atomic mass is 10.1. The number of aryl methyl sites for hydroxylation is 1. The summed E-state index contributed by atoms with van der Waals surface area (Å²) in [5.74, 6) is 0.214. The monoisotopic (exact) mass is 446 g/mol. The molecule has 3 aromatic rings. The summed E-state index contributed by atoms with van der Waals surface area (Å²) < 4.78 is 10.9. The van der Waals surface area contributed by atoms with Gasteiger partial charge >= 0.3 is 5.97 Å². The zero-order valence-electron chi connectivity index (χ0n) is 18.9. The summed E-state index contributed by atoms with van der Waals surface area (Å²) in [5, 5.41) is 8.56. The number of ether oxygens (including phenoxy) is 2. The molecule has 0 atom stereocenters. The maximum atomic E-state index is 12.1. The topological polar surface area (TPSA) is 112 Å². The predicted octanol–water partition coefficient (Wildman–Crippen LogP) is 6.23. The number of hydrogen-bond donors (Lipinski definition) is 2. The third-order valence-electron chi connectivity index (χ3n) is 4.96. The standard InChI is InChI=1S/C26H30N4O3/c1-2-3-5-19-6-9-21(10-7-19)29-30-22-11-13-23(14-12-22)32-16-4-17-33-26(31)24-18-20(27)8-15-25(24)28/h6-15,18H,2-5,16-17,27-28H2,1H3. The number of carbonyl (C=O) groups excluding carboxylic acids is 1. The molecule has 0 amide bonds. The minimum atomic E-state index is -0.495. The first kappa shape index (κ1) is 23.8. The Hall–Kier alpha value is -3.87. The van der Waals surface area contributed by atoms with E-state index in [1.807, 2.05) is 36.4 Å². The zero-order chi connectivity index (χ0) is 23.5. The third-order valence-corrected chi connectivity index (χ3v) is 4.96. The Labute approximate surface area is 194 Å². The van der Waals surface area contributed by atoms with Crippen LogP contribution in [-0.2, 0) is 11.2 Å². The largest absolute Gasteiger partial charge is 0.493 e. The molecule has 0 aromatic heterocycles. The number of benzene rings is 3. The van der Waals surface area contributed by atoms with Crippen LogP contribution in [0.2, 0.25) is 0 Å². The molecule has 3 rings (SSSR count). The van der Waals surface area contributed by atoms with Crippen molar-refractivity contribution in [1.29, 1.82) is 0 Å². The molecule has 0 aliphatic rings. The number of carbonyl (C=O) groups is 1. The molecule has 7 nitrogen and oxygen atoms in total. The van der Waals surface area contributed by atoms with Crippen LogP contribution in [0.4, 0.5) is 22.7 Å². The van der Waals surface area contributed by atoms with Gasteiger partial charge in [0.05, 0.1) is 30.2 Å². The first-order chi connectivity index (χ1) is 16.0. The summed E-state index contributed by atoms with van der Waals surface area (Å²) in [4.78, 5) is 12.1. The van der Waals surface area contributed by atoms with E-state index in [2.05, 4.69) is 29.3 Å². The Morgan fingerprint density at radius 2 is 1.52 bits per heavy atom. The molecule has 0 heterocycles. The molecule has 0 radical (unpaired) electrons. The van der Waals surface area contributed by atoms with Gasteiger partial charge < -0.3 is 20.9 Å². The molecule has 4 N–H and O–H groups in total. The molecule has 0 bridgehead atoms. The van der Waals surface area contributed by atoms with E-state index in [0.717, 1.165) is 17.8 Å². The van der Waals surface area contributed by atoms with Crippen molar-refractivity contribution in [3.8, 4) is 5.75 Å². The lowest BCUT2D eigenvalue weighted by Gasteiger charge is -2.09. The summed E-state index contributed by atoms with van der Waals surface area (Å²) in [6.45, 7) is 2.82. The van der Waals surface area contributed by atoms with Gasteiger partial charge in [0, 0.05) is 17.8 Å². The second-order valence-corrected chi connectivity index (χ2v) is 7.65. The molecular weight excluding hydrogens is 416 g/mol. The third kappa shape index (κ3) is 7.64. The Balaban J connectivity index is 1.39. The average molecular weight is 447 g/mol. The minimum Gasteiger partial charge on any atom is -0.493 e. The number of azo groups is 1. The number of esters is 1. The number of nitrogen functional groups attached to an aromatic ring is 2. The fraction of sp³-hybridized carbons (Fsp3) is 0.269. The van der Waals surface area contributed by atoms with Crippen molar-refractivity contribution < 1.29 is 14.3 Å². The fourth-order valence-corrected chi connectivity index (χ4v) is 3.08. The van der Waals surface area contributed by atoms with Gasteiger partial charge in [-0.25, -0.2) is 4.79 Å². The number of anilines is 2. The molecule has 0 aliphatic heterocycles. The van der Waals surface area contributed by atoms with Crippen LogP contribution >= 0.6 is 0 Å². The molecule has 3 aromatic carbocycles. The maximum Gasteiger partial charge on any atom is 0.340 e. The van der Waals surface area contributed by atoms with Gasteiger partial charge in [-0.15, -0.1) is 0 Å². The van der Waals surface area contributed by atoms with E-state index in [1.54, 1.807) is 12.1 Å². The van der Waals surface area contributed by atoms with Crippen molar-refractivity contribution in [2.45, 2.75) is 32.6 Å². The smallest absolute Gasteiger partial charge is 0.340 e. The van der Waals surface area contributed by atoms with Crippen LogP contribution in [0.5, 0.6) is 5.75 Å². The Bertz CT molecular complexity index is 1060. The quantitative estimate of drug-likeness (QED) is 0.157. The number of rotatable bonds is 11. The maximum absolute atomic E-state index is 12.1. The molecular formula is C26H30N4O3. The van der Waals surface area contributed by atoms with Crippen molar-refractivity contribution in [2.24, 2.45) is 10.2 Å². The molecule has 0 aliphatic carbocycles. The van der Waals surface area contributed by atoms with Crippen molar-refractivity contribution in [1.82, 2.24) is 0 Å². The Kier molecular flexibility index (Phi) is 8.82. The van der Waals surface area contributed by atoms with Crippen LogP contribution in [0, 0.1) is 0 Å². The van der Waals surface area contributed by atoms with Crippen LogP contribution in [0.15, 0.2) is 77.0 Å². The highest BCUT2D eigenvalue weighted by atomic mass is 16.5. The Morgan fingerprint density at radius 1 is 0.848 bits per heavy atom. The van der Waals surface area contributed by atoms with Gasteiger partial charge in [0.2, 0.25) is 0 Å². The zero-order valence-corrected chi connectivity index (χ0v) is 18.9. The highest BCUT2D eigenvalue weighted by Crippen LogP contribution is 2.22. The SMILES string of the molecule is CCCCc1ccc(N=Nc2ccc(OCCCOC(=O)c3cc(N)ccc3N)cc2)cc1. The number of hydrogen-bond acceptors (Lipinski definition) is 7.